The molecule has 0 aliphatic carbocycles. The summed E-state index contributed by atoms with van der Waals surface area (Å²) in [6, 6.07) is 6.26. The van der Waals surface area contributed by atoms with Gasteiger partial charge in [-0.25, -0.2) is 9.59 Å². The first-order valence-electron chi connectivity index (χ1n) is 5.22. The predicted molar refractivity (Wildman–Crippen MR) is 61.3 cm³/mol. The molecule has 0 bridgehead atoms. The maximum Gasteiger partial charge on any atom is 0.414 e. The van der Waals surface area contributed by atoms with Crippen molar-refractivity contribution in [3.8, 4) is 0 Å². The maximum absolute atomic E-state index is 11.6. The molecular formula is C12H13NO4. The highest BCUT2D eigenvalue weighted by Crippen LogP contribution is 2.30. The molecule has 1 aliphatic rings. The molecule has 1 amide bonds. The first-order chi connectivity index (χ1) is 7.92. The summed E-state index contributed by atoms with van der Waals surface area (Å²) < 4.78 is 4.98. The summed E-state index contributed by atoms with van der Waals surface area (Å²) in [6.45, 7) is 4.03. The van der Waals surface area contributed by atoms with Gasteiger partial charge in [-0.05, 0) is 32.0 Å². The number of cyclic esters (lactones) is 1. The third kappa shape index (κ3) is 1.95. The Morgan fingerprint density at radius 2 is 2.18 bits per heavy atom. The number of rotatable bonds is 2. The average molecular weight is 235 g/mol. The van der Waals surface area contributed by atoms with Crippen LogP contribution in [0.15, 0.2) is 24.3 Å². The Morgan fingerprint density at radius 3 is 2.71 bits per heavy atom. The number of carboxylic acid groups (broad SMARTS) is 1. The fraction of sp³-hybridized carbons (Fsp3) is 0.333. The minimum Gasteiger partial charge on any atom is -0.478 e. The quantitative estimate of drug-likeness (QED) is 0.852. The van der Waals surface area contributed by atoms with Crippen LogP contribution in [0.2, 0.25) is 0 Å². The zero-order valence-corrected chi connectivity index (χ0v) is 9.64. The second-order valence-corrected chi connectivity index (χ2v) is 4.56. The Hall–Kier alpha value is -2.04. The molecule has 2 rings (SSSR count). The number of hydrogen-bond acceptors (Lipinski definition) is 3. The normalized spacial score (nSPS) is 18.0. The molecule has 1 heterocycles. The topological polar surface area (TPSA) is 66.8 Å². The van der Waals surface area contributed by atoms with Crippen molar-refractivity contribution < 1.29 is 19.4 Å². The van der Waals surface area contributed by atoms with Crippen molar-refractivity contribution in [2.24, 2.45) is 0 Å². The standard InChI is InChI=1S/C12H13NO4/c1-12(2)7-17-11(16)13(12)9-5-3-4-8(6-9)10(14)15/h3-6H,7H2,1-2H3,(H,14,15). The van der Waals surface area contributed by atoms with Gasteiger partial charge in [0.1, 0.15) is 6.61 Å². The molecule has 5 nitrogen and oxygen atoms in total. The molecule has 5 heteroatoms. The van der Waals surface area contributed by atoms with Gasteiger partial charge in [-0.2, -0.15) is 0 Å². The van der Waals surface area contributed by atoms with Crippen LogP contribution >= 0.6 is 0 Å². The molecule has 0 radical (unpaired) electrons. The Bertz CT molecular complexity index is 481. The van der Waals surface area contributed by atoms with Gasteiger partial charge in [0.2, 0.25) is 0 Å². The minimum atomic E-state index is -1.02. The predicted octanol–water partition coefficient (Wildman–Crippen LogP) is 2.12. The summed E-state index contributed by atoms with van der Waals surface area (Å²) in [5.41, 5.74) is 0.226. The van der Waals surface area contributed by atoms with E-state index in [4.69, 9.17) is 9.84 Å². The van der Waals surface area contributed by atoms with Crippen molar-refractivity contribution >= 4 is 17.7 Å². The van der Waals surface area contributed by atoms with E-state index in [1.807, 2.05) is 13.8 Å². The zero-order chi connectivity index (χ0) is 12.6. The first kappa shape index (κ1) is 11.4. The molecule has 1 aromatic carbocycles. The number of carbonyl (C=O) groups is 2. The van der Waals surface area contributed by atoms with Gasteiger partial charge in [-0.3, -0.25) is 4.90 Å². The molecule has 1 saturated heterocycles. The summed E-state index contributed by atoms with van der Waals surface area (Å²) in [4.78, 5) is 24.0. The van der Waals surface area contributed by atoms with Crippen LogP contribution < -0.4 is 4.90 Å². The van der Waals surface area contributed by atoms with E-state index in [2.05, 4.69) is 0 Å². The Kier molecular flexibility index (Phi) is 2.53. The maximum atomic E-state index is 11.6. The lowest BCUT2D eigenvalue weighted by Crippen LogP contribution is -2.42. The van der Waals surface area contributed by atoms with Gasteiger partial charge in [0.15, 0.2) is 0 Å². The third-order valence-electron chi connectivity index (χ3n) is 2.69. The molecule has 0 saturated carbocycles. The SMILES string of the molecule is CC1(C)COC(=O)N1c1cccc(C(=O)O)c1. The Morgan fingerprint density at radius 1 is 1.47 bits per heavy atom. The van der Waals surface area contributed by atoms with E-state index in [1.54, 1.807) is 12.1 Å². The highest BCUT2D eigenvalue weighted by Gasteiger charge is 2.40. The largest absolute Gasteiger partial charge is 0.478 e. The van der Waals surface area contributed by atoms with Gasteiger partial charge >= 0.3 is 12.1 Å². The van der Waals surface area contributed by atoms with Gasteiger partial charge < -0.3 is 9.84 Å². The van der Waals surface area contributed by atoms with Crippen molar-refractivity contribution in [2.75, 3.05) is 11.5 Å². The summed E-state index contributed by atoms with van der Waals surface area (Å²) in [5, 5.41) is 8.91. The number of ether oxygens (including phenoxy) is 1. The highest BCUT2D eigenvalue weighted by atomic mass is 16.6. The average Bonchev–Trinajstić information content (AvgIpc) is 2.53. The lowest BCUT2D eigenvalue weighted by Gasteiger charge is -2.27. The molecule has 0 aromatic heterocycles. The van der Waals surface area contributed by atoms with E-state index in [0.717, 1.165) is 0 Å². The summed E-state index contributed by atoms with van der Waals surface area (Å²) in [5.74, 6) is -1.02. The number of benzene rings is 1. The first-order valence-corrected chi connectivity index (χ1v) is 5.22. The van der Waals surface area contributed by atoms with Crippen LogP contribution in [0.1, 0.15) is 24.2 Å². The summed E-state index contributed by atoms with van der Waals surface area (Å²) in [6.07, 6.45) is -0.447. The number of carboxylic acids is 1. The van der Waals surface area contributed by atoms with Gasteiger partial charge in [-0.1, -0.05) is 6.07 Å². The second kappa shape index (κ2) is 3.76. The summed E-state index contributed by atoms with van der Waals surface area (Å²) in [7, 11) is 0. The molecule has 1 aromatic rings. The molecule has 1 N–H and O–H groups in total. The van der Waals surface area contributed by atoms with Crippen molar-refractivity contribution in [2.45, 2.75) is 19.4 Å². The van der Waals surface area contributed by atoms with Crippen LogP contribution in [-0.4, -0.2) is 29.3 Å². The molecule has 0 unspecified atom stereocenters. The zero-order valence-electron chi connectivity index (χ0n) is 9.64. The lowest BCUT2D eigenvalue weighted by atomic mass is 10.0. The van der Waals surface area contributed by atoms with Gasteiger partial charge in [0.05, 0.1) is 11.1 Å². The molecule has 17 heavy (non-hydrogen) atoms. The summed E-state index contributed by atoms with van der Waals surface area (Å²) >= 11 is 0. The Balaban J connectivity index is 2.43. The van der Waals surface area contributed by atoms with E-state index < -0.39 is 17.6 Å². The van der Waals surface area contributed by atoms with Crippen molar-refractivity contribution in [1.82, 2.24) is 0 Å². The van der Waals surface area contributed by atoms with Crippen molar-refractivity contribution in [1.29, 1.82) is 0 Å². The number of carbonyl (C=O) groups excluding carboxylic acids is 1. The lowest BCUT2D eigenvalue weighted by molar-refractivity contribution is 0.0697. The van der Waals surface area contributed by atoms with Crippen molar-refractivity contribution in [3.05, 3.63) is 29.8 Å². The van der Waals surface area contributed by atoms with E-state index in [1.165, 1.54) is 17.0 Å². The second-order valence-electron chi connectivity index (χ2n) is 4.56. The van der Waals surface area contributed by atoms with E-state index in [0.29, 0.717) is 12.3 Å². The smallest absolute Gasteiger partial charge is 0.414 e. The fourth-order valence-corrected chi connectivity index (χ4v) is 1.85. The molecule has 1 fully saturated rings. The number of anilines is 1. The number of hydrogen-bond donors (Lipinski definition) is 1. The molecule has 1 aliphatic heterocycles. The van der Waals surface area contributed by atoms with Crippen LogP contribution in [0.25, 0.3) is 0 Å². The van der Waals surface area contributed by atoms with Gasteiger partial charge in [-0.15, -0.1) is 0 Å². The molecule has 90 valence electrons. The van der Waals surface area contributed by atoms with Gasteiger partial charge in [0.25, 0.3) is 0 Å². The van der Waals surface area contributed by atoms with Crippen LogP contribution in [0, 0.1) is 0 Å². The molecule has 0 atom stereocenters. The monoisotopic (exact) mass is 235 g/mol. The number of amides is 1. The highest BCUT2D eigenvalue weighted by molar-refractivity contribution is 5.94. The minimum absolute atomic E-state index is 0.151. The van der Waals surface area contributed by atoms with E-state index >= 15 is 0 Å². The third-order valence-corrected chi connectivity index (χ3v) is 2.69. The van der Waals surface area contributed by atoms with Gasteiger partial charge in [0, 0.05) is 5.69 Å². The number of nitrogens with zero attached hydrogens (tertiary/aromatic N) is 1. The Labute approximate surface area is 98.6 Å². The van der Waals surface area contributed by atoms with Crippen LogP contribution in [0.3, 0.4) is 0 Å². The van der Waals surface area contributed by atoms with Crippen LogP contribution in [0.4, 0.5) is 10.5 Å². The molecular weight excluding hydrogens is 222 g/mol. The van der Waals surface area contributed by atoms with E-state index in [9.17, 15) is 9.59 Å². The van der Waals surface area contributed by atoms with Crippen LogP contribution in [-0.2, 0) is 4.74 Å². The fourth-order valence-electron chi connectivity index (χ4n) is 1.85. The number of aromatic carboxylic acids is 1. The van der Waals surface area contributed by atoms with Crippen LogP contribution in [0.5, 0.6) is 0 Å². The molecule has 0 spiro atoms. The van der Waals surface area contributed by atoms with Crippen molar-refractivity contribution in [3.63, 3.8) is 0 Å². The van der Waals surface area contributed by atoms with E-state index in [-0.39, 0.29) is 5.56 Å².